The third-order valence-corrected chi connectivity index (χ3v) is 7.69. The number of likely N-dealkylation sites (N-methyl/N-ethyl adjacent to an activating group) is 1. The summed E-state index contributed by atoms with van der Waals surface area (Å²) in [7, 11) is 1.92. The summed E-state index contributed by atoms with van der Waals surface area (Å²) >= 11 is 0. The van der Waals surface area contributed by atoms with Crippen molar-refractivity contribution in [3.63, 3.8) is 0 Å². The maximum absolute atomic E-state index is 12.7. The Balaban J connectivity index is 1.36. The molecule has 2 heterocycles. The van der Waals surface area contributed by atoms with Crippen LogP contribution in [0.25, 0.3) is 0 Å². The number of carbonyl (C=O) groups excluding carboxylic acids is 1. The van der Waals surface area contributed by atoms with Crippen molar-refractivity contribution >= 4 is 11.6 Å². The lowest BCUT2D eigenvalue weighted by atomic mass is 9.90. The first-order chi connectivity index (χ1) is 20.8. The number of hydrogen-bond donors (Lipinski definition) is 4. The summed E-state index contributed by atoms with van der Waals surface area (Å²) in [5.41, 5.74) is 4.22. The second-order valence-corrected chi connectivity index (χ2v) is 11.0. The van der Waals surface area contributed by atoms with Crippen LogP contribution in [0.4, 0.5) is 5.69 Å². The van der Waals surface area contributed by atoms with Gasteiger partial charge in [-0.15, -0.1) is 0 Å². The fourth-order valence-corrected chi connectivity index (χ4v) is 5.31. The summed E-state index contributed by atoms with van der Waals surface area (Å²) < 4.78 is 13.1. The van der Waals surface area contributed by atoms with Crippen LogP contribution in [0, 0.1) is 5.92 Å². The van der Waals surface area contributed by atoms with Gasteiger partial charge in [-0.2, -0.15) is 0 Å². The van der Waals surface area contributed by atoms with Crippen LogP contribution in [0.2, 0.25) is 0 Å². The number of aromatic nitrogens is 1. The van der Waals surface area contributed by atoms with E-state index in [4.69, 9.17) is 9.47 Å². The van der Waals surface area contributed by atoms with Crippen LogP contribution in [0.1, 0.15) is 58.0 Å². The highest BCUT2D eigenvalue weighted by molar-refractivity contribution is 6.04. The molecule has 1 amide bonds. The Kier molecular flexibility index (Phi) is 9.81. The number of carbonyl (C=O) groups is 1. The van der Waals surface area contributed by atoms with Crippen molar-refractivity contribution in [2.24, 2.45) is 5.92 Å². The zero-order chi connectivity index (χ0) is 30.3. The summed E-state index contributed by atoms with van der Waals surface area (Å²) in [6.07, 6.45) is 1.04. The van der Waals surface area contributed by atoms with E-state index in [1.165, 1.54) is 6.20 Å². The number of benzene rings is 3. The number of nitrogens with one attached hydrogen (secondary N) is 1. The summed E-state index contributed by atoms with van der Waals surface area (Å²) in [4.78, 5) is 18.8. The number of rotatable bonds is 10. The first-order valence-electron chi connectivity index (χ1n) is 14.3. The van der Waals surface area contributed by atoms with Gasteiger partial charge in [-0.3, -0.25) is 9.78 Å². The molecule has 224 valence electrons. The summed E-state index contributed by atoms with van der Waals surface area (Å²) in [6.45, 7) is 2.89. The molecule has 0 radical (unpaired) electrons. The highest BCUT2D eigenvalue weighted by atomic mass is 16.7. The number of amides is 1. The number of ether oxygens (including phenoxy) is 2. The molecule has 0 spiro atoms. The fraction of sp³-hybridized carbons (Fsp3) is 0.294. The van der Waals surface area contributed by atoms with Crippen LogP contribution >= 0.6 is 0 Å². The molecule has 0 unspecified atom stereocenters. The molecule has 1 aliphatic heterocycles. The Labute approximate surface area is 251 Å². The zero-order valence-corrected chi connectivity index (χ0v) is 24.2. The lowest BCUT2D eigenvalue weighted by molar-refractivity contribution is -0.276. The molecule has 3 aromatic carbocycles. The van der Waals surface area contributed by atoms with Crippen LogP contribution in [-0.2, 0) is 16.1 Å². The third-order valence-electron chi connectivity index (χ3n) is 7.69. The Morgan fingerprint density at radius 3 is 2.51 bits per heavy atom. The minimum absolute atomic E-state index is 0.0421. The predicted octanol–water partition coefficient (Wildman–Crippen LogP) is 4.99. The van der Waals surface area contributed by atoms with E-state index in [1.807, 2.05) is 60.5 Å². The molecule has 0 saturated carbocycles. The van der Waals surface area contributed by atoms with Crippen molar-refractivity contribution in [3.05, 3.63) is 125 Å². The van der Waals surface area contributed by atoms with Crippen LogP contribution < -0.4 is 5.32 Å². The third kappa shape index (κ3) is 7.64. The molecule has 1 saturated heterocycles. The molecular formula is C34H37N3O6. The van der Waals surface area contributed by atoms with Gasteiger partial charge in [-0.25, -0.2) is 0 Å². The number of aliphatic hydroxyl groups is 2. The topological polar surface area (TPSA) is 124 Å². The van der Waals surface area contributed by atoms with E-state index in [2.05, 4.69) is 17.2 Å². The van der Waals surface area contributed by atoms with Gasteiger partial charge in [0, 0.05) is 42.7 Å². The molecule has 4 N–H and O–H groups in total. The molecule has 4 aromatic rings. The van der Waals surface area contributed by atoms with Gasteiger partial charge in [-0.1, -0.05) is 55.5 Å². The van der Waals surface area contributed by atoms with E-state index in [0.717, 1.165) is 16.7 Å². The first-order valence-corrected chi connectivity index (χ1v) is 14.3. The van der Waals surface area contributed by atoms with E-state index in [-0.39, 0.29) is 36.4 Å². The minimum Gasteiger partial charge on any atom is -0.508 e. The standard InChI is InChI=1S/C34H37N3O6/c1-22-31(20-37(2)19-30(40)25-6-4-10-29(39)17-25)42-34(43-32(22)24-13-11-23(21-38)12-14-24)26-7-3-9-28(16-26)36-33(41)27-8-5-15-35-18-27/h3-18,22,30-32,34,38-40H,19-21H2,1-2H3,(H,36,41)/t22-,30+,31+,32+,34+/m0/s1. The van der Waals surface area contributed by atoms with E-state index < -0.39 is 12.4 Å². The van der Waals surface area contributed by atoms with Crippen LogP contribution in [0.3, 0.4) is 0 Å². The molecule has 5 rings (SSSR count). The number of pyridine rings is 1. The molecule has 43 heavy (non-hydrogen) atoms. The quantitative estimate of drug-likeness (QED) is 0.206. The molecule has 1 fully saturated rings. The maximum Gasteiger partial charge on any atom is 0.257 e. The van der Waals surface area contributed by atoms with Crippen molar-refractivity contribution in [1.82, 2.24) is 9.88 Å². The Morgan fingerprint density at radius 2 is 1.79 bits per heavy atom. The molecule has 1 aromatic heterocycles. The van der Waals surface area contributed by atoms with Crippen molar-refractivity contribution in [1.29, 1.82) is 0 Å². The summed E-state index contributed by atoms with van der Waals surface area (Å²) in [5, 5.41) is 33.1. The Morgan fingerprint density at radius 1 is 1.00 bits per heavy atom. The van der Waals surface area contributed by atoms with Crippen LogP contribution in [-0.4, -0.2) is 57.4 Å². The largest absolute Gasteiger partial charge is 0.508 e. The van der Waals surface area contributed by atoms with Gasteiger partial charge in [0.15, 0.2) is 6.29 Å². The highest BCUT2D eigenvalue weighted by Gasteiger charge is 2.39. The predicted molar refractivity (Wildman–Crippen MR) is 162 cm³/mol. The lowest BCUT2D eigenvalue weighted by Gasteiger charge is -2.42. The lowest BCUT2D eigenvalue weighted by Crippen LogP contribution is -2.44. The Bertz CT molecular complexity index is 1500. The number of phenols is 1. The average Bonchev–Trinajstić information content (AvgIpc) is 3.02. The van der Waals surface area contributed by atoms with Crippen LogP contribution in [0.15, 0.2) is 97.3 Å². The SMILES string of the molecule is C[C@H]1[C@@H](CN(C)C[C@@H](O)c2cccc(O)c2)O[C@@H](c2cccc(NC(=O)c3cccnc3)c2)O[C@H]1c1ccc(CO)cc1. The van der Waals surface area contributed by atoms with Gasteiger partial charge in [-0.05, 0) is 60.1 Å². The van der Waals surface area contributed by atoms with Gasteiger partial charge >= 0.3 is 0 Å². The van der Waals surface area contributed by atoms with Crippen molar-refractivity contribution in [2.45, 2.75) is 38.1 Å². The van der Waals surface area contributed by atoms with Crippen molar-refractivity contribution < 1.29 is 29.6 Å². The van der Waals surface area contributed by atoms with Crippen LogP contribution in [0.5, 0.6) is 5.75 Å². The van der Waals surface area contributed by atoms with Gasteiger partial charge in [0.1, 0.15) is 5.75 Å². The zero-order valence-electron chi connectivity index (χ0n) is 24.2. The smallest absolute Gasteiger partial charge is 0.257 e. The van der Waals surface area contributed by atoms with E-state index in [0.29, 0.717) is 29.9 Å². The van der Waals surface area contributed by atoms with E-state index in [9.17, 15) is 20.1 Å². The number of anilines is 1. The number of hydrogen-bond acceptors (Lipinski definition) is 8. The molecule has 0 aliphatic carbocycles. The molecule has 1 aliphatic rings. The fourth-order valence-electron chi connectivity index (χ4n) is 5.31. The maximum atomic E-state index is 12.7. The summed E-state index contributed by atoms with van der Waals surface area (Å²) in [6, 6.07) is 25.1. The average molecular weight is 584 g/mol. The van der Waals surface area contributed by atoms with Gasteiger partial charge < -0.3 is 35.0 Å². The van der Waals surface area contributed by atoms with Crippen molar-refractivity contribution in [3.8, 4) is 5.75 Å². The number of aromatic hydroxyl groups is 1. The second kappa shape index (κ2) is 13.9. The first kappa shape index (κ1) is 30.3. The second-order valence-electron chi connectivity index (χ2n) is 11.0. The molecule has 9 heteroatoms. The highest BCUT2D eigenvalue weighted by Crippen LogP contribution is 2.42. The number of phenolic OH excluding ortho intramolecular Hbond substituents is 1. The van der Waals surface area contributed by atoms with Gasteiger partial charge in [0.2, 0.25) is 0 Å². The van der Waals surface area contributed by atoms with Crippen molar-refractivity contribution in [2.75, 3.05) is 25.5 Å². The van der Waals surface area contributed by atoms with E-state index >= 15 is 0 Å². The number of nitrogens with zero attached hydrogens (tertiary/aromatic N) is 2. The molecule has 5 atom stereocenters. The van der Waals surface area contributed by atoms with E-state index in [1.54, 1.807) is 42.6 Å². The normalized spacial score (nSPS) is 21.0. The van der Waals surface area contributed by atoms with Gasteiger partial charge in [0.05, 0.1) is 30.5 Å². The Hall–Kier alpha value is -4.12. The molecule has 0 bridgehead atoms. The summed E-state index contributed by atoms with van der Waals surface area (Å²) in [5.74, 6) is -0.210. The number of aliphatic hydroxyl groups excluding tert-OH is 2. The van der Waals surface area contributed by atoms with Gasteiger partial charge in [0.25, 0.3) is 5.91 Å². The molecular weight excluding hydrogens is 546 g/mol. The monoisotopic (exact) mass is 583 g/mol. The molecule has 9 nitrogen and oxygen atoms in total. The minimum atomic E-state index is -0.787.